The summed E-state index contributed by atoms with van der Waals surface area (Å²) in [6, 6.07) is 5.37. The van der Waals surface area contributed by atoms with Gasteiger partial charge in [-0.05, 0) is 55.5 Å². The van der Waals surface area contributed by atoms with Crippen molar-refractivity contribution < 1.29 is 4.79 Å². The molecule has 110 valence electrons. The highest BCUT2D eigenvalue weighted by atomic mass is 35.5. The molecule has 2 unspecified atom stereocenters. The third-order valence-corrected chi connectivity index (χ3v) is 4.83. The van der Waals surface area contributed by atoms with Crippen LogP contribution < -0.4 is 5.32 Å². The van der Waals surface area contributed by atoms with Gasteiger partial charge in [-0.15, -0.1) is 0 Å². The quantitative estimate of drug-likeness (QED) is 0.885. The Labute approximate surface area is 130 Å². The number of piperidine rings is 1. The number of ketones is 1. The van der Waals surface area contributed by atoms with Gasteiger partial charge in [-0.2, -0.15) is 0 Å². The van der Waals surface area contributed by atoms with E-state index in [1.165, 1.54) is 12.8 Å². The number of carbonyl (C=O) groups is 1. The van der Waals surface area contributed by atoms with Crippen LogP contribution in [-0.2, 0) is 11.2 Å². The zero-order valence-corrected chi connectivity index (χ0v) is 13.3. The van der Waals surface area contributed by atoms with E-state index < -0.39 is 0 Å². The van der Waals surface area contributed by atoms with Crippen molar-refractivity contribution >= 4 is 29.0 Å². The molecule has 4 heteroatoms. The molecule has 0 spiro atoms. The van der Waals surface area contributed by atoms with Gasteiger partial charge < -0.3 is 5.32 Å². The summed E-state index contributed by atoms with van der Waals surface area (Å²) in [5, 5.41) is 4.57. The Morgan fingerprint density at radius 2 is 2.10 bits per heavy atom. The van der Waals surface area contributed by atoms with Crippen molar-refractivity contribution in [2.45, 2.75) is 32.6 Å². The summed E-state index contributed by atoms with van der Waals surface area (Å²) in [6.45, 7) is 4.30. The van der Waals surface area contributed by atoms with Crippen LogP contribution in [0.3, 0.4) is 0 Å². The molecular formula is C16H21Cl2NO. The predicted molar refractivity (Wildman–Crippen MR) is 84.5 cm³/mol. The zero-order chi connectivity index (χ0) is 14.5. The highest BCUT2D eigenvalue weighted by Crippen LogP contribution is 2.27. The lowest BCUT2D eigenvalue weighted by atomic mass is 9.83. The lowest BCUT2D eigenvalue weighted by Crippen LogP contribution is -2.34. The monoisotopic (exact) mass is 313 g/mol. The number of benzene rings is 1. The molecule has 2 rings (SSSR count). The van der Waals surface area contributed by atoms with Crippen molar-refractivity contribution in [1.82, 2.24) is 5.32 Å². The second-order valence-electron chi connectivity index (χ2n) is 5.70. The molecule has 1 aliphatic rings. The molecule has 2 atom stereocenters. The van der Waals surface area contributed by atoms with E-state index in [0.29, 0.717) is 34.7 Å². The molecule has 1 aromatic rings. The Hall–Kier alpha value is -0.570. The third-order valence-electron chi connectivity index (χ3n) is 4.13. The van der Waals surface area contributed by atoms with Crippen molar-refractivity contribution in [3.05, 3.63) is 33.8 Å². The summed E-state index contributed by atoms with van der Waals surface area (Å²) in [5.74, 6) is 1.24. The first-order valence-corrected chi connectivity index (χ1v) is 7.99. The van der Waals surface area contributed by atoms with E-state index in [4.69, 9.17) is 23.2 Å². The van der Waals surface area contributed by atoms with Crippen LogP contribution in [-0.4, -0.2) is 18.9 Å². The summed E-state index contributed by atoms with van der Waals surface area (Å²) in [7, 11) is 0. The van der Waals surface area contributed by atoms with Gasteiger partial charge in [0, 0.05) is 22.9 Å². The standard InChI is InChI=1S/C16H21Cl2NO/c1-11(12-4-3-7-19-10-12)8-13(20)9-14-15(17)5-2-6-16(14)18/h2,5-6,11-12,19H,3-4,7-10H2,1H3. The maximum Gasteiger partial charge on any atom is 0.137 e. The molecule has 2 nitrogen and oxygen atoms in total. The first-order chi connectivity index (χ1) is 9.58. The fourth-order valence-electron chi connectivity index (χ4n) is 2.86. The van der Waals surface area contributed by atoms with Gasteiger partial charge in [0.1, 0.15) is 5.78 Å². The topological polar surface area (TPSA) is 29.1 Å². The number of Topliss-reactive ketones (excluding diaryl/α,β-unsaturated/α-hetero) is 1. The van der Waals surface area contributed by atoms with E-state index in [2.05, 4.69) is 12.2 Å². The van der Waals surface area contributed by atoms with Crippen LogP contribution in [0.5, 0.6) is 0 Å². The SMILES string of the molecule is CC(CC(=O)Cc1c(Cl)cccc1Cl)C1CCCNC1. The molecule has 0 aliphatic carbocycles. The van der Waals surface area contributed by atoms with Crippen molar-refractivity contribution in [2.24, 2.45) is 11.8 Å². The first kappa shape index (κ1) is 15.8. The zero-order valence-electron chi connectivity index (χ0n) is 11.8. The molecule has 0 saturated carbocycles. The molecule has 1 heterocycles. The van der Waals surface area contributed by atoms with E-state index in [-0.39, 0.29) is 5.78 Å². The highest BCUT2D eigenvalue weighted by Gasteiger charge is 2.22. The lowest BCUT2D eigenvalue weighted by Gasteiger charge is -2.28. The van der Waals surface area contributed by atoms with E-state index in [1.807, 2.05) is 0 Å². The molecule has 1 aliphatic heterocycles. The summed E-state index contributed by atoms with van der Waals surface area (Å²) in [5.41, 5.74) is 0.759. The van der Waals surface area contributed by atoms with E-state index >= 15 is 0 Å². The van der Waals surface area contributed by atoms with Gasteiger partial charge in [0.15, 0.2) is 0 Å². The van der Waals surface area contributed by atoms with E-state index in [1.54, 1.807) is 18.2 Å². The van der Waals surface area contributed by atoms with Gasteiger partial charge in [-0.25, -0.2) is 0 Å². The Bertz CT molecular complexity index is 449. The highest BCUT2D eigenvalue weighted by molar-refractivity contribution is 6.36. The predicted octanol–water partition coefficient (Wildman–Crippen LogP) is 4.13. The molecular weight excluding hydrogens is 293 g/mol. The molecule has 1 fully saturated rings. The number of hydrogen-bond donors (Lipinski definition) is 1. The largest absolute Gasteiger partial charge is 0.316 e. The average molecular weight is 314 g/mol. The van der Waals surface area contributed by atoms with Gasteiger partial charge in [0.2, 0.25) is 0 Å². The Kier molecular flexibility index (Phi) is 5.88. The van der Waals surface area contributed by atoms with Gasteiger partial charge >= 0.3 is 0 Å². The number of nitrogens with one attached hydrogen (secondary N) is 1. The summed E-state index contributed by atoms with van der Waals surface area (Å²) < 4.78 is 0. The minimum absolute atomic E-state index is 0.220. The fourth-order valence-corrected chi connectivity index (χ4v) is 3.39. The maximum absolute atomic E-state index is 12.2. The van der Waals surface area contributed by atoms with Crippen LogP contribution in [0.4, 0.5) is 0 Å². The van der Waals surface area contributed by atoms with Crippen molar-refractivity contribution in [3.8, 4) is 0 Å². The normalized spacial score (nSPS) is 20.6. The third kappa shape index (κ3) is 4.21. The number of carbonyl (C=O) groups excluding carboxylic acids is 1. The Morgan fingerprint density at radius 1 is 1.40 bits per heavy atom. The summed E-state index contributed by atoms with van der Waals surface area (Å²) >= 11 is 12.2. The van der Waals surface area contributed by atoms with Crippen LogP contribution in [0.15, 0.2) is 18.2 Å². The van der Waals surface area contributed by atoms with Gasteiger partial charge in [-0.3, -0.25) is 4.79 Å². The molecule has 0 radical (unpaired) electrons. The molecule has 0 amide bonds. The second kappa shape index (κ2) is 7.44. The minimum Gasteiger partial charge on any atom is -0.316 e. The van der Waals surface area contributed by atoms with Gasteiger partial charge in [0.05, 0.1) is 0 Å². The average Bonchev–Trinajstić information content (AvgIpc) is 2.44. The molecule has 1 saturated heterocycles. The molecule has 1 N–H and O–H groups in total. The van der Waals surface area contributed by atoms with Crippen LogP contribution >= 0.6 is 23.2 Å². The van der Waals surface area contributed by atoms with Gasteiger partial charge in [0.25, 0.3) is 0 Å². The van der Waals surface area contributed by atoms with Crippen molar-refractivity contribution in [3.63, 3.8) is 0 Å². The van der Waals surface area contributed by atoms with Crippen LogP contribution in [0.25, 0.3) is 0 Å². The van der Waals surface area contributed by atoms with Crippen LogP contribution in [0.2, 0.25) is 10.0 Å². The van der Waals surface area contributed by atoms with Crippen LogP contribution in [0.1, 0.15) is 31.7 Å². The lowest BCUT2D eigenvalue weighted by molar-refractivity contribution is -0.119. The molecule has 1 aromatic carbocycles. The Morgan fingerprint density at radius 3 is 2.70 bits per heavy atom. The molecule has 0 aromatic heterocycles. The maximum atomic E-state index is 12.2. The van der Waals surface area contributed by atoms with E-state index in [0.717, 1.165) is 18.7 Å². The summed E-state index contributed by atoms with van der Waals surface area (Å²) in [4.78, 5) is 12.2. The number of rotatable bonds is 5. The Balaban J connectivity index is 1.91. The number of halogens is 2. The van der Waals surface area contributed by atoms with Gasteiger partial charge in [-0.1, -0.05) is 36.2 Å². The second-order valence-corrected chi connectivity index (χ2v) is 6.52. The summed E-state index contributed by atoms with van der Waals surface area (Å²) in [6.07, 6.45) is 3.37. The minimum atomic E-state index is 0.220. The molecule has 20 heavy (non-hydrogen) atoms. The molecule has 0 bridgehead atoms. The smallest absolute Gasteiger partial charge is 0.137 e. The number of hydrogen-bond acceptors (Lipinski definition) is 2. The fraction of sp³-hybridized carbons (Fsp3) is 0.562. The van der Waals surface area contributed by atoms with Crippen molar-refractivity contribution in [1.29, 1.82) is 0 Å². The van der Waals surface area contributed by atoms with E-state index in [9.17, 15) is 4.79 Å². The first-order valence-electron chi connectivity index (χ1n) is 7.23. The van der Waals surface area contributed by atoms with Crippen LogP contribution in [0, 0.1) is 11.8 Å². The van der Waals surface area contributed by atoms with Crippen molar-refractivity contribution in [2.75, 3.05) is 13.1 Å².